The van der Waals surface area contributed by atoms with Crippen LogP contribution < -0.4 is 5.73 Å². The van der Waals surface area contributed by atoms with Crippen molar-refractivity contribution in [3.05, 3.63) is 23.3 Å². The van der Waals surface area contributed by atoms with Crippen molar-refractivity contribution in [1.29, 1.82) is 0 Å². The molecule has 2 rings (SSSR count). The number of aliphatic carboxylic acids is 1. The van der Waals surface area contributed by atoms with Crippen molar-refractivity contribution in [2.75, 3.05) is 0 Å². The fourth-order valence-electron chi connectivity index (χ4n) is 1.74. The second-order valence-electron chi connectivity index (χ2n) is 3.76. The summed E-state index contributed by atoms with van der Waals surface area (Å²) >= 11 is 0. The first-order valence-electron chi connectivity index (χ1n) is 4.99. The summed E-state index contributed by atoms with van der Waals surface area (Å²) in [4.78, 5) is 19.2. The molecule has 0 aliphatic heterocycles. The van der Waals surface area contributed by atoms with Crippen molar-refractivity contribution in [3.8, 4) is 0 Å². The van der Waals surface area contributed by atoms with Crippen molar-refractivity contribution < 1.29 is 9.90 Å². The van der Waals surface area contributed by atoms with E-state index in [0.29, 0.717) is 5.69 Å². The Morgan fingerprint density at radius 2 is 2.27 bits per heavy atom. The topological polar surface area (TPSA) is 89.1 Å². The average Bonchev–Trinajstić information content (AvgIpc) is 2.64. The molecule has 0 saturated heterocycles. The molecule has 1 atom stereocenters. The summed E-state index contributed by atoms with van der Waals surface area (Å²) in [6, 6.07) is -0.890. The first-order chi connectivity index (χ1) is 7.16. The van der Waals surface area contributed by atoms with Gasteiger partial charge in [-0.3, -0.25) is 14.8 Å². The third-order valence-corrected chi connectivity index (χ3v) is 2.55. The molecular formula is C10H13N3O2. The molecule has 15 heavy (non-hydrogen) atoms. The fourth-order valence-corrected chi connectivity index (χ4v) is 1.74. The minimum atomic E-state index is -1.00. The normalized spacial score (nSPS) is 16.1. The average molecular weight is 207 g/mol. The van der Waals surface area contributed by atoms with Gasteiger partial charge in [-0.25, -0.2) is 0 Å². The Labute approximate surface area is 87.4 Å². The molecule has 0 amide bonds. The highest BCUT2D eigenvalue weighted by atomic mass is 16.4. The molecule has 80 valence electrons. The number of nitrogens with zero attached hydrogens (tertiary/aromatic N) is 2. The van der Waals surface area contributed by atoms with Crippen LogP contribution in [0.3, 0.4) is 0 Å². The van der Waals surface area contributed by atoms with Crippen LogP contribution in [-0.2, 0) is 24.1 Å². The van der Waals surface area contributed by atoms with Crippen molar-refractivity contribution in [1.82, 2.24) is 9.97 Å². The molecule has 1 aliphatic carbocycles. The Hall–Kier alpha value is -1.49. The zero-order chi connectivity index (χ0) is 10.8. The summed E-state index contributed by atoms with van der Waals surface area (Å²) in [5, 5.41) is 8.66. The molecule has 0 bridgehead atoms. The molecular weight excluding hydrogens is 194 g/mol. The molecule has 0 fully saturated rings. The molecule has 0 spiro atoms. The zero-order valence-corrected chi connectivity index (χ0v) is 8.31. The highest BCUT2D eigenvalue weighted by Crippen LogP contribution is 2.17. The van der Waals surface area contributed by atoms with Gasteiger partial charge in [0.15, 0.2) is 0 Å². The number of hydrogen-bond acceptors (Lipinski definition) is 4. The number of fused-ring (bicyclic) bond motifs is 1. The van der Waals surface area contributed by atoms with E-state index >= 15 is 0 Å². The van der Waals surface area contributed by atoms with E-state index in [2.05, 4.69) is 9.97 Å². The highest BCUT2D eigenvalue weighted by Gasteiger charge is 2.17. The zero-order valence-electron chi connectivity index (χ0n) is 8.31. The third kappa shape index (κ3) is 2.12. The van der Waals surface area contributed by atoms with Crippen LogP contribution in [0, 0.1) is 0 Å². The van der Waals surface area contributed by atoms with Gasteiger partial charge in [-0.15, -0.1) is 0 Å². The van der Waals surface area contributed by atoms with E-state index in [4.69, 9.17) is 10.8 Å². The molecule has 5 heteroatoms. The standard InChI is InChI=1S/C10H13N3O2/c11-7(10(14)15)4-6-5-12-8-2-1-3-9(8)13-6/h5,7H,1-4,11H2,(H,14,15). The van der Waals surface area contributed by atoms with Gasteiger partial charge in [0, 0.05) is 12.6 Å². The Morgan fingerprint density at radius 1 is 1.53 bits per heavy atom. The smallest absolute Gasteiger partial charge is 0.320 e. The number of carboxylic acids is 1. The van der Waals surface area contributed by atoms with Gasteiger partial charge in [-0.2, -0.15) is 0 Å². The van der Waals surface area contributed by atoms with Crippen molar-refractivity contribution in [3.63, 3.8) is 0 Å². The molecule has 1 aromatic heterocycles. The number of rotatable bonds is 3. The largest absolute Gasteiger partial charge is 0.480 e. The summed E-state index contributed by atoms with van der Waals surface area (Å²) in [6.45, 7) is 0. The summed E-state index contributed by atoms with van der Waals surface area (Å²) in [5.74, 6) is -1.00. The monoisotopic (exact) mass is 207 g/mol. The fraction of sp³-hybridized carbons (Fsp3) is 0.500. The van der Waals surface area contributed by atoms with E-state index in [1.165, 1.54) is 0 Å². The third-order valence-electron chi connectivity index (χ3n) is 2.55. The van der Waals surface area contributed by atoms with Gasteiger partial charge in [0.2, 0.25) is 0 Å². The van der Waals surface area contributed by atoms with Gasteiger partial charge in [0.1, 0.15) is 6.04 Å². The first-order valence-corrected chi connectivity index (χ1v) is 4.99. The molecule has 5 nitrogen and oxygen atoms in total. The van der Waals surface area contributed by atoms with Crippen LogP contribution in [0.4, 0.5) is 0 Å². The van der Waals surface area contributed by atoms with Crippen LogP contribution in [0.5, 0.6) is 0 Å². The van der Waals surface area contributed by atoms with Crippen LogP contribution >= 0.6 is 0 Å². The summed E-state index contributed by atoms with van der Waals surface area (Å²) in [6.07, 6.45) is 4.89. The molecule has 0 saturated carbocycles. The maximum atomic E-state index is 10.6. The second kappa shape index (κ2) is 3.94. The van der Waals surface area contributed by atoms with Crippen LogP contribution in [0.1, 0.15) is 23.5 Å². The van der Waals surface area contributed by atoms with Crippen molar-refractivity contribution in [2.24, 2.45) is 5.73 Å². The van der Waals surface area contributed by atoms with Gasteiger partial charge in [-0.05, 0) is 19.3 Å². The number of hydrogen-bond donors (Lipinski definition) is 2. The Morgan fingerprint density at radius 3 is 3.00 bits per heavy atom. The van der Waals surface area contributed by atoms with E-state index < -0.39 is 12.0 Å². The lowest BCUT2D eigenvalue weighted by atomic mass is 10.2. The SMILES string of the molecule is NC(Cc1cnc2c(n1)CCC2)C(=O)O. The van der Waals surface area contributed by atoms with Crippen LogP contribution in [0.2, 0.25) is 0 Å². The quantitative estimate of drug-likeness (QED) is 0.723. The molecule has 1 unspecified atom stereocenters. The molecule has 3 N–H and O–H groups in total. The number of aryl methyl sites for hydroxylation is 2. The molecule has 0 radical (unpaired) electrons. The maximum Gasteiger partial charge on any atom is 0.320 e. The minimum absolute atomic E-state index is 0.246. The highest BCUT2D eigenvalue weighted by molar-refractivity contribution is 5.73. The lowest BCUT2D eigenvalue weighted by Gasteiger charge is -2.06. The lowest BCUT2D eigenvalue weighted by Crippen LogP contribution is -2.32. The van der Waals surface area contributed by atoms with E-state index in [0.717, 1.165) is 30.7 Å². The predicted octanol–water partition coefficient (Wildman–Crippen LogP) is -0.0803. The van der Waals surface area contributed by atoms with E-state index in [-0.39, 0.29) is 6.42 Å². The number of carboxylic acid groups (broad SMARTS) is 1. The van der Waals surface area contributed by atoms with Gasteiger partial charge < -0.3 is 10.8 Å². The van der Waals surface area contributed by atoms with E-state index in [1.807, 2.05) is 0 Å². The first kappa shape index (κ1) is 10.0. The van der Waals surface area contributed by atoms with Crippen molar-refractivity contribution >= 4 is 5.97 Å². The van der Waals surface area contributed by atoms with Crippen molar-refractivity contribution in [2.45, 2.75) is 31.7 Å². The minimum Gasteiger partial charge on any atom is -0.480 e. The van der Waals surface area contributed by atoms with Gasteiger partial charge in [0.05, 0.1) is 17.1 Å². The van der Waals surface area contributed by atoms with Crippen LogP contribution in [0.15, 0.2) is 6.20 Å². The summed E-state index contributed by atoms with van der Waals surface area (Å²) < 4.78 is 0. The second-order valence-corrected chi connectivity index (χ2v) is 3.76. The Kier molecular flexibility index (Phi) is 2.64. The Bertz CT molecular complexity index is 392. The predicted molar refractivity (Wildman–Crippen MR) is 53.4 cm³/mol. The maximum absolute atomic E-state index is 10.6. The van der Waals surface area contributed by atoms with Crippen LogP contribution in [-0.4, -0.2) is 27.1 Å². The lowest BCUT2D eigenvalue weighted by molar-refractivity contribution is -0.138. The Balaban J connectivity index is 2.13. The van der Waals surface area contributed by atoms with Gasteiger partial charge in [-0.1, -0.05) is 0 Å². The summed E-state index contributed by atoms with van der Waals surface area (Å²) in [5.41, 5.74) is 8.15. The van der Waals surface area contributed by atoms with Gasteiger partial charge >= 0.3 is 5.97 Å². The molecule has 1 aromatic rings. The number of carbonyl (C=O) groups is 1. The number of nitrogens with two attached hydrogens (primary N) is 1. The number of aromatic nitrogens is 2. The van der Waals surface area contributed by atoms with E-state index in [9.17, 15) is 4.79 Å². The molecule has 1 aliphatic rings. The van der Waals surface area contributed by atoms with Crippen LogP contribution in [0.25, 0.3) is 0 Å². The summed E-state index contributed by atoms with van der Waals surface area (Å²) in [7, 11) is 0. The van der Waals surface area contributed by atoms with E-state index in [1.54, 1.807) is 6.20 Å². The molecule has 1 heterocycles. The van der Waals surface area contributed by atoms with Gasteiger partial charge in [0.25, 0.3) is 0 Å². The molecule has 0 aromatic carbocycles.